The lowest BCUT2D eigenvalue weighted by atomic mass is 10.0. The number of unbranched alkanes of at least 4 members (excludes halogenated alkanes) is 52. The lowest BCUT2D eigenvalue weighted by Crippen LogP contribution is -2.45. The normalized spacial score (nSPS) is 12.7. The van der Waals surface area contributed by atoms with Crippen LogP contribution in [-0.4, -0.2) is 47.4 Å². The first-order valence-electron chi connectivity index (χ1n) is 35.8. The highest BCUT2D eigenvalue weighted by Gasteiger charge is 2.18. The van der Waals surface area contributed by atoms with Gasteiger partial charge in [0.15, 0.2) is 0 Å². The van der Waals surface area contributed by atoms with E-state index in [0.717, 1.165) is 44.9 Å². The zero-order valence-corrected chi connectivity index (χ0v) is 53.4. The predicted octanol–water partition coefficient (Wildman–Crippen LogP) is 23.1. The van der Waals surface area contributed by atoms with E-state index in [1.165, 1.54) is 321 Å². The van der Waals surface area contributed by atoms with Gasteiger partial charge < -0.3 is 20.3 Å². The first-order chi connectivity index (χ1) is 39.0. The maximum atomic E-state index is 12.5. The van der Waals surface area contributed by atoms with Crippen molar-refractivity contribution < 1.29 is 24.5 Å². The lowest BCUT2D eigenvalue weighted by molar-refractivity contribution is -0.143. The highest BCUT2D eigenvalue weighted by atomic mass is 16.5. The minimum Gasteiger partial charge on any atom is -0.466 e. The van der Waals surface area contributed by atoms with Crippen LogP contribution < -0.4 is 5.32 Å². The highest BCUT2D eigenvalue weighted by Crippen LogP contribution is 2.18. The third-order valence-electron chi connectivity index (χ3n) is 16.6. The van der Waals surface area contributed by atoms with Crippen molar-refractivity contribution in [1.29, 1.82) is 0 Å². The van der Waals surface area contributed by atoms with Gasteiger partial charge in [0.25, 0.3) is 0 Å². The Hall–Kier alpha value is -1.92. The molecule has 1 amide bonds. The first-order valence-corrected chi connectivity index (χ1v) is 35.8. The van der Waals surface area contributed by atoms with Crippen LogP contribution in [0.1, 0.15) is 393 Å². The summed E-state index contributed by atoms with van der Waals surface area (Å²) in [6, 6.07) is -0.630. The molecule has 0 fully saturated rings. The van der Waals surface area contributed by atoms with E-state index in [9.17, 15) is 19.8 Å². The Balaban J connectivity index is 3.42. The fourth-order valence-electron chi connectivity index (χ4n) is 11.2. The summed E-state index contributed by atoms with van der Waals surface area (Å²) in [6.07, 6.45) is 88.0. The van der Waals surface area contributed by atoms with Crippen LogP contribution in [0.5, 0.6) is 0 Å². The number of hydrogen-bond donors (Lipinski definition) is 3. The molecule has 2 atom stereocenters. The topological polar surface area (TPSA) is 95.9 Å². The summed E-state index contributed by atoms with van der Waals surface area (Å²) in [5.74, 6) is -0.0599. The number of carbonyl (C=O) groups excluding carboxylic acids is 2. The second-order valence-electron chi connectivity index (χ2n) is 24.6. The zero-order chi connectivity index (χ0) is 57.1. The lowest BCUT2D eigenvalue weighted by Gasteiger charge is -2.20. The second kappa shape index (κ2) is 68.6. The summed E-state index contributed by atoms with van der Waals surface area (Å²) in [4.78, 5) is 24.6. The minimum atomic E-state index is -0.847. The molecule has 0 bridgehead atoms. The average molecular weight is 1110 g/mol. The number of ether oxygens (including phenoxy) is 1. The Morgan fingerprint density at radius 1 is 0.342 bits per heavy atom. The Morgan fingerprint density at radius 3 is 0.924 bits per heavy atom. The molecule has 0 spiro atoms. The van der Waals surface area contributed by atoms with E-state index in [4.69, 9.17) is 4.74 Å². The van der Waals surface area contributed by atoms with E-state index in [-0.39, 0.29) is 18.5 Å². The Kier molecular flexibility index (Phi) is 66.9. The Bertz CT molecular complexity index is 1280. The molecular weight excluding hydrogens is 971 g/mol. The molecule has 0 rings (SSSR count). The second-order valence-corrected chi connectivity index (χ2v) is 24.6. The van der Waals surface area contributed by atoms with Crippen molar-refractivity contribution >= 4 is 11.9 Å². The number of hydrogen-bond acceptors (Lipinski definition) is 5. The Labute approximate surface area is 494 Å². The van der Waals surface area contributed by atoms with Crippen LogP contribution in [0.4, 0.5) is 0 Å². The van der Waals surface area contributed by atoms with Crippen LogP contribution in [0.25, 0.3) is 0 Å². The van der Waals surface area contributed by atoms with E-state index in [1.807, 2.05) is 6.08 Å². The van der Waals surface area contributed by atoms with E-state index in [2.05, 4.69) is 43.5 Å². The molecule has 0 saturated heterocycles. The smallest absolute Gasteiger partial charge is 0.305 e. The third-order valence-corrected chi connectivity index (χ3v) is 16.6. The van der Waals surface area contributed by atoms with Crippen LogP contribution in [0.2, 0.25) is 0 Å². The summed E-state index contributed by atoms with van der Waals surface area (Å²) in [5, 5.41) is 23.3. The van der Waals surface area contributed by atoms with Crippen molar-refractivity contribution in [2.75, 3.05) is 13.2 Å². The van der Waals surface area contributed by atoms with E-state index < -0.39 is 12.1 Å². The van der Waals surface area contributed by atoms with Gasteiger partial charge in [-0.3, -0.25) is 9.59 Å². The predicted molar refractivity (Wildman–Crippen MR) is 347 cm³/mol. The fourth-order valence-corrected chi connectivity index (χ4v) is 11.2. The molecule has 6 heteroatoms. The van der Waals surface area contributed by atoms with Crippen LogP contribution >= 0.6 is 0 Å². The van der Waals surface area contributed by atoms with Gasteiger partial charge in [0.2, 0.25) is 5.91 Å². The summed E-state index contributed by atoms with van der Waals surface area (Å²) >= 11 is 0. The number of amides is 1. The summed E-state index contributed by atoms with van der Waals surface area (Å²) < 4.78 is 5.47. The maximum Gasteiger partial charge on any atom is 0.305 e. The molecule has 3 N–H and O–H groups in total. The molecule has 0 aliphatic heterocycles. The van der Waals surface area contributed by atoms with Gasteiger partial charge in [-0.25, -0.2) is 0 Å². The van der Waals surface area contributed by atoms with Gasteiger partial charge >= 0.3 is 5.97 Å². The van der Waals surface area contributed by atoms with E-state index in [0.29, 0.717) is 19.4 Å². The third kappa shape index (κ3) is 65.1. The molecule has 0 aromatic carbocycles. The molecule has 79 heavy (non-hydrogen) atoms. The van der Waals surface area contributed by atoms with Crippen LogP contribution in [-0.2, 0) is 14.3 Å². The van der Waals surface area contributed by atoms with Gasteiger partial charge in [-0.15, -0.1) is 0 Å². The van der Waals surface area contributed by atoms with Gasteiger partial charge in [0, 0.05) is 12.8 Å². The summed E-state index contributed by atoms with van der Waals surface area (Å²) in [6.45, 7) is 4.91. The van der Waals surface area contributed by atoms with Gasteiger partial charge in [-0.1, -0.05) is 333 Å². The van der Waals surface area contributed by atoms with Gasteiger partial charge in [-0.2, -0.15) is 0 Å². The molecular formula is C73H139NO5. The van der Waals surface area contributed by atoms with E-state index >= 15 is 0 Å². The van der Waals surface area contributed by atoms with Crippen molar-refractivity contribution in [2.24, 2.45) is 0 Å². The monoisotopic (exact) mass is 1110 g/mol. The molecule has 0 aliphatic carbocycles. The summed E-state index contributed by atoms with van der Waals surface area (Å²) in [7, 11) is 0. The highest BCUT2D eigenvalue weighted by molar-refractivity contribution is 5.76. The van der Waals surface area contributed by atoms with Crippen molar-refractivity contribution in [3.63, 3.8) is 0 Å². The van der Waals surface area contributed by atoms with Crippen LogP contribution in [0.3, 0.4) is 0 Å². The largest absolute Gasteiger partial charge is 0.466 e. The first kappa shape index (κ1) is 77.1. The van der Waals surface area contributed by atoms with Gasteiger partial charge in [0.05, 0.1) is 25.4 Å². The Morgan fingerprint density at radius 2 is 0.595 bits per heavy atom. The molecule has 0 radical (unpaired) electrons. The molecule has 0 saturated carbocycles. The molecule has 0 aliphatic rings. The summed E-state index contributed by atoms with van der Waals surface area (Å²) in [5.41, 5.74) is 0. The molecule has 0 aromatic heterocycles. The van der Waals surface area contributed by atoms with Crippen molar-refractivity contribution in [3.05, 3.63) is 36.5 Å². The molecule has 0 heterocycles. The van der Waals surface area contributed by atoms with Crippen molar-refractivity contribution in [3.8, 4) is 0 Å². The quantitative estimate of drug-likeness (QED) is 0.0320. The SMILES string of the molecule is CCCCC/C=C\CCCCCCCC(=O)OCCCCCCCCCCCCCC/C=C\CCCCCCCCCCCCCC(=O)NC(CO)C(O)/C=C/CCCCCCCCCCCCCCCCCCCCCCC. The molecule has 466 valence electrons. The molecule has 0 aromatic rings. The standard InChI is InChI=1S/C73H139NO5/c1-3-5-7-9-11-13-15-17-18-19-20-21-27-30-33-36-39-42-45-49-53-57-61-65-71(76)70(69-75)74-72(77)66-62-58-54-50-46-43-40-37-34-31-28-25-23-22-24-26-29-32-35-38-41-44-48-52-56-60-64-68-79-73(78)67-63-59-55-51-47-16-14-12-10-8-6-4-2/h12,14,22-23,61,65,70-71,75-76H,3-11,13,15-21,24-60,62-64,66-69H2,1-2H3,(H,74,77)/b14-12-,23-22-,65-61+. The van der Waals surface area contributed by atoms with Gasteiger partial charge in [0.1, 0.15) is 0 Å². The maximum absolute atomic E-state index is 12.5. The van der Waals surface area contributed by atoms with Crippen LogP contribution in [0.15, 0.2) is 36.5 Å². The number of rotatable bonds is 67. The molecule has 6 nitrogen and oxygen atoms in total. The van der Waals surface area contributed by atoms with Gasteiger partial charge in [-0.05, 0) is 83.5 Å². The number of allylic oxidation sites excluding steroid dienone is 5. The van der Waals surface area contributed by atoms with Crippen molar-refractivity contribution in [2.45, 2.75) is 405 Å². The molecule has 2 unspecified atom stereocenters. The van der Waals surface area contributed by atoms with Crippen molar-refractivity contribution in [1.82, 2.24) is 5.32 Å². The number of aliphatic hydroxyl groups excluding tert-OH is 2. The zero-order valence-electron chi connectivity index (χ0n) is 53.4. The number of esters is 1. The number of carbonyl (C=O) groups is 2. The average Bonchev–Trinajstić information content (AvgIpc) is 3.45. The van der Waals surface area contributed by atoms with Crippen LogP contribution in [0, 0.1) is 0 Å². The number of aliphatic hydroxyl groups is 2. The van der Waals surface area contributed by atoms with E-state index in [1.54, 1.807) is 6.08 Å². The number of nitrogens with one attached hydrogen (secondary N) is 1. The minimum absolute atomic E-state index is 0.00500. The fraction of sp³-hybridized carbons (Fsp3) is 0.890.